The summed E-state index contributed by atoms with van der Waals surface area (Å²) in [4.78, 5) is 32.3. The van der Waals surface area contributed by atoms with E-state index in [1.54, 1.807) is 20.8 Å². The molecule has 0 rings (SSSR count). The standard InChI is InChI=1S/3C10H20O2.Pr/c2*1-4-6-7-8-10(3,5-2)9(11)12;1-4-6-8-10(3,7-5-2)9(11)12;/h3*4-8H2,1-3H3,(H,11,12);/q;;;+3/p-3. The van der Waals surface area contributed by atoms with Gasteiger partial charge in [0.2, 0.25) is 0 Å². The molecule has 0 aromatic carbocycles. The van der Waals surface area contributed by atoms with Crippen LogP contribution < -0.4 is 15.3 Å². The van der Waals surface area contributed by atoms with Gasteiger partial charge in [0.25, 0.3) is 0 Å². The number of hydrogen-bond acceptors (Lipinski definition) is 6. The van der Waals surface area contributed by atoms with Gasteiger partial charge in [-0.25, -0.2) is 0 Å². The summed E-state index contributed by atoms with van der Waals surface area (Å²) in [6.45, 7) is 17.5. The van der Waals surface area contributed by atoms with Crippen molar-refractivity contribution in [2.45, 2.75) is 159 Å². The van der Waals surface area contributed by atoms with Crippen molar-refractivity contribution in [1.29, 1.82) is 0 Å². The Hall–Kier alpha value is -0.226. The van der Waals surface area contributed by atoms with E-state index in [9.17, 15) is 29.7 Å². The Morgan fingerprint density at radius 1 is 0.459 bits per heavy atom. The van der Waals surface area contributed by atoms with Gasteiger partial charge in [-0.3, -0.25) is 0 Å². The second-order valence-corrected chi connectivity index (χ2v) is 11.0. The van der Waals surface area contributed by atoms with Crippen LogP contribution in [0.1, 0.15) is 159 Å². The predicted molar refractivity (Wildman–Crippen MR) is 143 cm³/mol. The summed E-state index contributed by atoms with van der Waals surface area (Å²) in [5.41, 5.74) is -1.80. The van der Waals surface area contributed by atoms with Crippen LogP contribution in [0.25, 0.3) is 0 Å². The van der Waals surface area contributed by atoms with Crippen LogP contribution in [0.4, 0.5) is 0 Å². The number of carbonyl (C=O) groups is 3. The minimum absolute atomic E-state index is 0. The number of aliphatic carboxylic acids is 3. The third kappa shape index (κ3) is 20.4. The zero-order chi connectivity index (χ0) is 28.8. The first-order chi connectivity index (χ1) is 16.7. The van der Waals surface area contributed by atoms with Gasteiger partial charge in [0.05, 0.1) is 0 Å². The fourth-order valence-electron chi connectivity index (χ4n) is 3.82. The Bertz CT molecular complexity index is 563. The topological polar surface area (TPSA) is 120 Å². The van der Waals surface area contributed by atoms with Crippen LogP contribution in [0.5, 0.6) is 0 Å². The van der Waals surface area contributed by atoms with E-state index in [1.165, 1.54) is 0 Å². The minimum Gasteiger partial charge on any atom is -0.550 e. The van der Waals surface area contributed by atoms with Gasteiger partial charge in [-0.1, -0.05) is 120 Å². The number of unbranched alkanes of at least 4 members (excludes halogenated alkanes) is 5. The molecule has 7 heteroatoms. The predicted octanol–water partition coefficient (Wildman–Crippen LogP) is 5.20. The fourth-order valence-corrected chi connectivity index (χ4v) is 3.82. The van der Waals surface area contributed by atoms with E-state index in [0.717, 1.165) is 83.5 Å². The Morgan fingerprint density at radius 3 is 0.973 bits per heavy atom. The molecule has 0 spiro atoms. The summed E-state index contributed by atoms with van der Waals surface area (Å²) in [6.07, 6.45) is 13.7. The Labute approximate surface area is 262 Å². The molecule has 0 heterocycles. The normalized spacial score (nSPS) is 15.2. The molecule has 0 aliphatic heterocycles. The molecule has 0 aliphatic rings. The molecule has 216 valence electrons. The maximum Gasteiger partial charge on any atom is 3.00 e. The molecule has 37 heavy (non-hydrogen) atoms. The second-order valence-electron chi connectivity index (χ2n) is 11.0. The molecule has 3 atom stereocenters. The Balaban J connectivity index is -0.000000218. The summed E-state index contributed by atoms with van der Waals surface area (Å²) in [6, 6.07) is 0. The molecule has 0 aromatic heterocycles. The molecule has 3 unspecified atom stereocenters. The molecule has 0 saturated heterocycles. The Morgan fingerprint density at radius 2 is 0.757 bits per heavy atom. The van der Waals surface area contributed by atoms with Crippen LogP contribution in [0.15, 0.2) is 0 Å². The van der Waals surface area contributed by atoms with E-state index < -0.39 is 34.2 Å². The average Bonchev–Trinajstić information content (AvgIpc) is 2.83. The summed E-state index contributed by atoms with van der Waals surface area (Å²) < 4.78 is 0. The van der Waals surface area contributed by atoms with Gasteiger partial charge < -0.3 is 29.7 Å². The van der Waals surface area contributed by atoms with Crippen LogP contribution in [0.2, 0.25) is 0 Å². The molecule has 0 radical (unpaired) electrons. The summed E-state index contributed by atoms with van der Waals surface area (Å²) in [5, 5.41) is 32.3. The molecule has 0 N–H and O–H groups in total. The van der Waals surface area contributed by atoms with Crippen molar-refractivity contribution in [2.24, 2.45) is 16.2 Å². The molecule has 0 bridgehead atoms. The van der Waals surface area contributed by atoms with Gasteiger partial charge in [0.15, 0.2) is 0 Å². The van der Waals surface area contributed by atoms with E-state index in [2.05, 4.69) is 20.8 Å². The van der Waals surface area contributed by atoms with Crippen molar-refractivity contribution < 1.29 is 71.0 Å². The smallest absolute Gasteiger partial charge is 0.550 e. The maximum atomic E-state index is 10.8. The third-order valence-corrected chi connectivity index (χ3v) is 7.59. The molecular weight excluding hydrogens is 597 g/mol. The van der Waals surface area contributed by atoms with E-state index in [4.69, 9.17) is 0 Å². The van der Waals surface area contributed by atoms with Crippen LogP contribution in [0.3, 0.4) is 0 Å². The van der Waals surface area contributed by atoms with E-state index in [-0.39, 0.29) is 41.3 Å². The average molecular weight is 655 g/mol. The first kappa shape index (κ1) is 43.8. The first-order valence-electron chi connectivity index (χ1n) is 14.3. The first-order valence-corrected chi connectivity index (χ1v) is 14.3. The number of carbonyl (C=O) groups excluding carboxylic acids is 3. The van der Waals surface area contributed by atoms with Crippen LogP contribution in [0, 0.1) is 57.5 Å². The molecule has 6 nitrogen and oxygen atoms in total. The monoisotopic (exact) mass is 654 g/mol. The fraction of sp³-hybridized carbons (Fsp3) is 0.900. The molecule has 0 fully saturated rings. The van der Waals surface area contributed by atoms with Crippen LogP contribution in [-0.2, 0) is 14.4 Å². The summed E-state index contributed by atoms with van der Waals surface area (Å²) in [5.74, 6) is -2.69. The number of rotatable bonds is 18. The van der Waals surface area contributed by atoms with Crippen molar-refractivity contribution in [3.05, 3.63) is 0 Å². The molecule has 0 aromatic rings. The van der Waals surface area contributed by atoms with Gasteiger partial charge in [0.1, 0.15) is 0 Å². The zero-order valence-corrected chi connectivity index (χ0v) is 29.3. The molecular formula is C30H57O6Pr. The van der Waals surface area contributed by atoms with Crippen molar-refractivity contribution in [1.82, 2.24) is 0 Å². The zero-order valence-electron chi connectivity index (χ0n) is 25.6. The van der Waals surface area contributed by atoms with Crippen molar-refractivity contribution in [3.63, 3.8) is 0 Å². The minimum atomic E-state index is -0.902. The van der Waals surface area contributed by atoms with Crippen molar-refractivity contribution >= 4 is 17.9 Å². The SMILES string of the molecule is CCCCC(C)(CCC)C(=O)[O-].CCCCCC(C)(CC)C(=O)[O-].CCCCCC(C)(CC)C(=O)[O-].[Pr+3]. The van der Waals surface area contributed by atoms with Crippen LogP contribution >= 0.6 is 0 Å². The van der Waals surface area contributed by atoms with Gasteiger partial charge in [-0.15, -0.1) is 0 Å². The maximum absolute atomic E-state index is 10.8. The van der Waals surface area contributed by atoms with E-state index >= 15 is 0 Å². The van der Waals surface area contributed by atoms with Crippen molar-refractivity contribution in [3.8, 4) is 0 Å². The van der Waals surface area contributed by atoms with Gasteiger partial charge >= 0.3 is 41.3 Å². The van der Waals surface area contributed by atoms with Crippen molar-refractivity contribution in [2.75, 3.05) is 0 Å². The molecule has 0 aliphatic carbocycles. The summed E-state index contributed by atoms with van der Waals surface area (Å²) in [7, 11) is 0. The van der Waals surface area contributed by atoms with Gasteiger partial charge in [-0.2, -0.15) is 0 Å². The Kier molecular flexibility index (Phi) is 29.4. The second kappa shape index (κ2) is 24.8. The van der Waals surface area contributed by atoms with Gasteiger partial charge in [-0.05, 0) is 38.5 Å². The summed E-state index contributed by atoms with van der Waals surface area (Å²) >= 11 is 0. The largest absolute Gasteiger partial charge is 3.00 e. The number of carboxylic acid groups (broad SMARTS) is 3. The third-order valence-electron chi connectivity index (χ3n) is 7.59. The molecule has 0 amide bonds. The van der Waals surface area contributed by atoms with E-state index in [1.807, 2.05) is 20.8 Å². The number of hydrogen-bond donors (Lipinski definition) is 0. The number of carboxylic acids is 3. The molecule has 0 saturated carbocycles. The van der Waals surface area contributed by atoms with Gasteiger partial charge in [0, 0.05) is 34.2 Å². The van der Waals surface area contributed by atoms with Crippen LogP contribution in [-0.4, -0.2) is 17.9 Å². The quantitative estimate of drug-likeness (QED) is 0.188. The van der Waals surface area contributed by atoms with E-state index in [0.29, 0.717) is 12.8 Å².